The van der Waals surface area contributed by atoms with Crippen molar-refractivity contribution in [1.29, 1.82) is 0 Å². The molecule has 234 valence electrons. The lowest BCUT2D eigenvalue weighted by atomic mass is 9.67. The monoisotopic (exact) mass is 637 g/mol. The number of benzene rings is 7. The summed E-state index contributed by atoms with van der Waals surface area (Å²) >= 11 is 0. The smallest absolute Gasteiger partial charge is 0.143 e. The summed E-state index contributed by atoms with van der Waals surface area (Å²) in [6, 6.07) is 63.7. The Bertz CT molecular complexity index is 2590. The maximum Gasteiger partial charge on any atom is 0.143 e. The zero-order valence-electron chi connectivity index (χ0n) is 27.3. The van der Waals surface area contributed by atoms with E-state index in [0.717, 1.165) is 50.5 Å². The van der Waals surface area contributed by atoms with Gasteiger partial charge in [0.05, 0.1) is 22.2 Å². The zero-order valence-corrected chi connectivity index (χ0v) is 27.3. The third-order valence-electron chi connectivity index (χ3n) is 10.4. The van der Waals surface area contributed by atoms with Gasteiger partial charge in [-0.05, 0) is 75.4 Å². The number of fused-ring (bicyclic) bond motifs is 6. The Morgan fingerprint density at radius 1 is 0.480 bits per heavy atom. The van der Waals surface area contributed by atoms with E-state index in [1.54, 1.807) is 0 Å². The van der Waals surface area contributed by atoms with E-state index in [2.05, 4.69) is 187 Å². The number of furan rings is 1. The molecule has 0 spiro atoms. The fraction of sp³-hybridized carbons (Fsp3) is 0.0208. The predicted octanol–water partition coefficient (Wildman–Crippen LogP) is 12.6. The molecule has 0 saturated carbocycles. The standard InChI is InChI=1S/C48H31NO/c1-4-16-33(17-5-1)37-22-11-13-26-43(37)49(44-27-15-29-46-47(44)40-24-14-28-45(40)50-46)36-30-31-39-38-23-10-12-25-41(38)48(42(39)32-36,34-18-6-2-7-19-34)35-20-8-3-9-21-35/h1-13,15-32H. The Morgan fingerprint density at radius 2 is 1.10 bits per heavy atom. The second kappa shape index (κ2) is 11.2. The number of nitrogens with zero attached hydrogens (tertiary/aromatic N) is 1. The summed E-state index contributed by atoms with van der Waals surface area (Å²) in [5, 5.41) is 1.08. The van der Waals surface area contributed by atoms with Gasteiger partial charge in [-0.15, -0.1) is 5.73 Å². The minimum Gasteiger partial charge on any atom is -0.455 e. The highest BCUT2D eigenvalue weighted by Crippen LogP contribution is 2.57. The van der Waals surface area contributed by atoms with Crippen LogP contribution in [0.4, 0.5) is 17.1 Å². The predicted molar refractivity (Wildman–Crippen MR) is 206 cm³/mol. The summed E-state index contributed by atoms with van der Waals surface area (Å²) in [4.78, 5) is 2.43. The molecule has 0 saturated heterocycles. The van der Waals surface area contributed by atoms with Crippen molar-refractivity contribution in [3.8, 4) is 22.3 Å². The van der Waals surface area contributed by atoms with Crippen molar-refractivity contribution in [3.63, 3.8) is 0 Å². The van der Waals surface area contributed by atoms with Gasteiger partial charge in [0.25, 0.3) is 0 Å². The second-order valence-corrected chi connectivity index (χ2v) is 13.0. The maximum absolute atomic E-state index is 6.38. The molecular formula is C48H31NO. The van der Waals surface area contributed by atoms with Crippen molar-refractivity contribution < 1.29 is 4.42 Å². The van der Waals surface area contributed by atoms with Gasteiger partial charge >= 0.3 is 0 Å². The summed E-state index contributed by atoms with van der Waals surface area (Å²) < 4.78 is 6.38. The normalized spacial score (nSPS) is 13.3. The van der Waals surface area contributed by atoms with E-state index in [9.17, 15) is 0 Å². The molecule has 2 nitrogen and oxygen atoms in total. The van der Waals surface area contributed by atoms with Crippen LogP contribution in [0.15, 0.2) is 186 Å². The largest absolute Gasteiger partial charge is 0.455 e. The average Bonchev–Trinajstić information content (AvgIpc) is 3.87. The zero-order chi connectivity index (χ0) is 33.1. The van der Waals surface area contributed by atoms with Crippen molar-refractivity contribution in [2.24, 2.45) is 0 Å². The van der Waals surface area contributed by atoms with Crippen LogP contribution in [0.2, 0.25) is 0 Å². The van der Waals surface area contributed by atoms with Crippen LogP contribution in [0.25, 0.3) is 45.4 Å². The first-order valence-corrected chi connectivity index (χ1v) is 17.1. The van der Waals surface area contributed by atoms with Gasteiger partial charge in [-0.1, -0.05) is 146 Å². The quantitative estimate of drug-likeness (QED) is 0.169. The van der Waals surface area contributed by atoms with E-state index in [0.29, 0.717) is 0 Å². The summed E-state index contributed by atoms with van der Waals surface area (Å²) in [6.45, 7) is 0. The highest BCUT2D eigenvalue weighted by atomic mass is 16.3. The van der Waals surface area contributed by atoms with Gasteiger partial charge in [-0.25, -0.2) is 0 Å². The average molecular weight is 638 g/mol. The Hall–Kier alpha value is -6.60. The Balaban J connectivity index is 1.30. The van der Waals surface area contributed by atoms with Gasteiger partial charge in [0.2, 0.25) is 0 Å². The third kappa shape index (κ3) is 4.10. The SMILES string of the molecule is C1=Cc2oc3cccc(N(c4ccc5c(c4)C(c4ccccc4)(c4ccccc4)c4ccccc4-5)c4ccccc4-c4ccccc4)c3c2C=1. The van der Waals surface area contributed by atoms with Crippen molar-refractivity contribution in [2.45, 2.75) is 5.41 Å². The van der Waals surface area contributed by atoms with Gasteiger partial charge < -0.3 is 9.32 Å². The third-order valence-corrected chi connectivity index (χ3v) is 10.4. The van der Waals surface area contributed by atoms with Gasteiger partial charge in [0.1, 0.15) is 11.3 Å². The molecule has 7 aromatic carbocycles. The number of para-hydroxylation sites is 1. The molecule has 2 aliphatic rings. The topological polar surface area (TPSA) is 16.4 Å². The number of rotatable bonds is 6. The molecule has 2 aliphatic carbocycles. The van der Waals surface area contributed by atoms with E-state index in [1.807, 2.05) is 12.2 Å². The molecule has 0 radical (unpaired) electrons. The fourth-order valence-corrected chi connectivity index (χ4v) is 8.32. The van der Waals surface area contributed by atoms with Gasteiger partial charge in [0.15, 0.2) is 0 Å². The molecular weight excluding hydrogens is 607 g/mol. The molecule has 2 heteroatoms. The highest BCUT2D eigenvalue weighted by molar-refractivity contribution is 6.06. The van der Waals surface area contributed by atoms with Crippen LogP contribution in [0, 0.1) is 0 Å². The Kier molecular flexibility index (Phi) is 6.39. The molecule has 0 bridgehead atoms. The lowest BCUT2D eigenvalue weighted by molar-refractivity contribution is 0.604. The molecule has 0 atom stereocenters. The van der Waals surface area contributed by atoms with Crippen molar-refractivity contribution in [1.82, 2.24) is 0 Å². The van der Waals surface area contributed by atoms with Crippen LogP contribution in [0.5, 0.6) is 0 Å². The van der Waals surface area contributed by atoms with Gasteiger partial charge in [-0.2, -0.15) is 0 Å². The summed E-state index contributed by atoms with van der Waals surface area (Å²) in [5.41, 5.74) is 17.8. The van der Waals surface area contributed by atoms with Crippen LogP contribution in [0.3, 0.4) is 0 Å². The van der Waals surface area contributed by atoms with E-state index in [4.69, 9.17) is 4.42 Å². The molecule has 50 heavy (non-hydrogen) atoms. The summed E-state index contributed by atoms with van der Waals surface area (Å²) in [5.74, 6) is 0.848. The Labute approximate surface area is 291 Å². The highest BCUT2D eigenvalue weighted by Gasteiger charge is 2.46. The first-order chi connectivity index (χ1) is 24.8. The molecule has 1 heterocycles. The van der Waals surface area contributed by atoms with E-state index >= 15 is 0 Å². The van der Waals surface area contributed by atoms with Crippen LogP contribution in [-0.4, -0.2) is 0 Å². The maximum atomic E-state index is 6.38. The lowest BCUT2D eigenvalue weighted by Crippen LogP contribution is -2.28. The molecule has 0 amide bonds. The van der Waals surface area contributed by atoms with Gasteiger partial charge in [-0.3, -0.25) is 0 Å². The van der Waals surface area contributed by atoms with Gasteiger partial charge in [0, 0.05) is 22.9 Å². The van der Waals surface area contributed by atoms with Crippen LogP contribution in [-0.2, 0) is 5.41 Å². The number of hydrogen-bond donors (Lipinski definition) is 0. The van der Waals surface area contributed by atoms with Crippen LogP contribution >= 0.6 is 0 Å². The molecule has 0 unspecified atom stereocenters. The van der Waals surface area contributed by atoms with E-state index < -0.39 is 5.41 Å². The Morgan fingerprint density at radius 3 is 1.86 bits per heavy atom. The minimum absolute atomic E-state index is 0.509. The first kappa shape index (κ1) is 28.4. The van der Waals surface area contributed by atoms with Crippen molar-refractivity contribution >= 4 is 40.2 Å². The molecule has 0 N–H and O–H groups in total. The summed E-state index contributed by atoms with van der Waals surface area (Å²) in [7, 11) is 0. The second-order valence-electron chi connectivity index (χ2n) is 13.0. The molecule has 0 fully saturated rings. The molecule has 0 aliphatic heterocycles. The van der Waals surface area contributed by atoms with Crippen LogP contribution in [0.1, 0.15) is 33.6 Å². The van der Waals surface area contributed by atoms with E-state index in [1.165, 1.54) is 33.4 Å². The first-order valence-electron chi connectivity index (χ1n) is 17.1. The fourth-order valence-electron chi connectivity index (χ4n) is 8.32. The number of hydrogen-bond acceptors (Lipinski definition) is 2. The lowest BCUT2D eigenvalue weighted by Gasteiger charge is -2.35. The molecule has 8 aromatic rings. The summed E-state index contributed by atoms with van der Waals surface area (Å²) in [6.07, 6.45) is 3.98. The van der Waals surface area contributed by atoms with Crippen molar-refractivity contribution in [3.05, 3.63) is 215 Å². The van der Waals surface area contributed by atoms with Crippen LogP contribution < -0.4 is 4.90 Å². The number of anilines is 3. The van der Waals surface area contributed by atoms with Crippen molar-refractivity contribution in [2.75, 3.05) is 4.90 Å². The molecule has 10 rings (SSSR count). The minimum atomic E-state index is -0.509. The van der Waals surface area contributed by atoms with E-state index in [-0.39, 0.29) is 0 Å². The molecule has 1 aromatic heterocycles.